The van der Waals surface area contributed by atoms with E-state index in [1.165, 1.54) is 70.2 Å². The first-order chi connectivity index (χ1) is 11.8. The monoisotopic (exact) mass is 337 g/mol. The lowest BCUT2D eigenvalue weighted by Gasteiger charge is -2.01. The van der Waals surface area contributed by atoms with Crippen LogP contribution in [0.1, 0.15) is 84.0 Å². The third-order valence-electron chi connectivity index (χ3n) is 3.48. The van der Waals surface area contributed by atoms with Gasteiger partial charge in [-0.05, 0) is 28.2 Å². The summed E-state index contributed by atoms with van der Waals surface area (Å²) in [5.41, 5.74) is 0. The Hall–Kier alpha value is -1.92. The number of nitrogens with zero attached hydrogens (tertiary/aromatic N) is 5. The fraction of sp³-hybridized carbons (Fsp3) is 0.765. The summed E-state index contributed by atoms with van der Waals surface area (Å²) in [5, 5.41) is 24.9. The molecule has 1 aliphatic heterocycles. The summed E-state index contributed by atoms with van der Waals surface area (Å²) in [5.74, 6) is -0.657. The van der Waals surface area contributed by atoms with Crippen LogP contribution in [-0.4, -0.2) is 17.3 Å². The molecular weight excluding hydrogens is 306 g/mol. The molecule has 0 saturated heterocycles. The molecule has 0 aromatic heterocycles. The first-order valence-electron chi connectivity index (χ1n) is 8.97. The van der Waals surface area contributed by atoms with Crippen LogP contribution in [0, 0.1) is 0 Å². The molecule has 0 saturated carbocycles. The fourth-order valence-corrected chi connectivity index (χ4v) is 2.18. The van der Waals surface area contributed by atoms with Gasteiger partial charge in [-0.1, -0.05) is 71.1 Å². The number of hydrogen-bond acceptors (Lipinski definition) is 6. The Morgan fingerprint density at radius 3 is 2.00 bits per heavy atom. The largest absolute Gasteiger partial charge is 0.481 e. The maximum absolute atomic E-state index is 10.3. The van der Waals surface area contributed by atoms with Crippen molar-refractivity contribution in [1.82, 2.24) is 0 Å². The number of rotatable bonds is 12. The molecule has 7 nitrogen and oxygen atoms in total. The number of allylic oxidation sites excluding steroid dienone is 1. The third-order valence-corrected chi connectivity index (χ3v) is 3.48. The van der Waals surface area contributed by atoms with Crippen molar-refractivity contribution in [3.8, 4) is 0 Å². The van der Waals surface area contributed by atoms with Crippen LogP contribution in [0.5, 0.6) is 0 Å². The van der Waals surface area contributed by atoms with Gasteiger partial charge in [-0.3, -0.25) is 4.79 Å². The maximum Gasteiger partial charge on any atom is 0.303 e. The zero-order chi connectivity index (χ0) is 17.7. The van der Waals surface area contributed by atoms with Crippen molar-refractivity contribution in [1.29, 1.82) is 0 Å². The quantitative estimate of drug-likeness (QED) is 0.436. The average Bonchev–Trinajstić information content (AvgIpc) is 2.52. The van der Waals surface area contributed by atoms with Crippen LogP contribution in [0.3, 0.4) is 0 Å². The van der Waals surface area contributed by atoms with Crippen LogP contribution in [-0.2, 0) is 4.79 Å². The van der Waals surface area contributed by atoms with Gasteiger partial charge in [0.15, 0.2) is 0 Å². The van der Waals surface area contributed by atoms with Gasteiger partial charge >= 0.3 is 5.97 Å². The van der Waals surface area contributed by atoms with E-state index >= 15 is 0 Å². The second-order valence-electron chi connectivity index (χ2n) is 5.67. The van der Waals surface area contributed by atoms with Gasteiger partial charge in [-0.2, -0.15) is 0 Å². The van der Waals surface area contributed by atoms with Crippen LogP contribution in [0.2, 0.25) is 0 Å². The van der Waals surface area contributed by atoms with E-state index in [1.54, 1.807) is 6.08 Å². The number of carboxylic acids is 1. The molecule has 0 aliphatic carbocycles. The Morgan fingerprint density at radius 2 is 1.42 bits per heavy atom. The van der Waals surface area contributed by atoms with Gasteiger partial charge < -0.3 is 5.11 Å². The van der Waals surface area contributed by atoms with Gasteiger partial charge in [0.1, 0.15) is 0 Å². The molecule has 1 heterocycles. The zero-order valence-corrected chi connectivity index (χ0v) is 14.8. The van der Waals surface area contributed by atoms with Gasteiger partial charge in [0, 0.05) is 6.42 Å². The summed E-state index contributed by atoms with van der Waals surface area (Å²) in [4.78, 5) is 10.3. The molecule has 0 radical (unpaired) electrons. The summed E-state index contributed by atoms with van der Waals surface area (Å²) in [6, 6.07) is 0. The summed E-state index contributed by atoms with van der Waals surface area (Å²) >= 11 is 0. The SMILES string of the molecule is C1=CN=NN=NN=C1.CCCCCCCCCCCCCC(=O)O. The minimum atomic E-state index is -0.657. The predicted molar refractivity (Wildman–Crippen MR) is 96.1 cm³/mol. The Kier molecular flexibility index (Phi) is 17.6. The Bertz CT molecular complexity index is 350. The number of unbranched alkanes of at least 4 members (excludes halogenated alkanes) is 10. The standard InChI is InChI=1S/C14H28O2.C3H3N5/c1-2-3-4-5-6-7-8-9-10-11-12-13-14(15)16;1-2-4-6-8-7-5-3-1/h2-13H2,1H3,(H,15,16);1-3H. The molecule has 0 fully saturated rings. The highest BCUT2D eigenvalue weighted by atomic mass is 16.4. The second-order valence-corrected chi connectivity index (χ2v) is 5.67. The van der Waals surface area contributed by atoms with E-state index in [2.05, 4.69) is 32.8 Å². The lowest BCUT2D eigenvalue weighted by molar-refractivity contribution is -0.137. The van der Waals surface area contributed by atoms with E-state index in [0.717, 1.165) is 12.8 Å². The number of carboxylic acid groups (broad SMARTS) is 1. The Balaban J connectivity index is 0.000000546. The van der Waals surface area contributed by atoms with Gasteiger partial charge in [-0.25, -0.2) is 0 Å². The molecule has 0 spiro atoms. The normalized spacial score (nSPS) is 12.4. The number of hydrogen-bond donors (Lipinski definition) is 1. The number of carbonyl (C=O) groups is 1. The molecule has 0 aromatic carbocycles. The van der Waals surface area contributed by atoms with Gasteiger partial charge in [-0.15, -0.1) is 10.2 Å². The summed E-state index contributed by atoms with van der Waals surface area (Å²) in [7, 11) is 0. The first kappa shape index (κ1) is 22.1. The van der Waals surface area contributed by atoms with E-state index < -0.39 is 5.97 Å². The molecule has 136 valence electrons. The Labute approximate surface area is 145 Å². The van der Waals surface area contributed by atoms with Crippen molar-refractivity contribution in [3.63, 3.8) is 0 Å². The van der Waals surface area contributed by atoms with Crippen LogP contribution in [0.15, 0.2) is 38.2 Å². The molecule has 7 heteroatoms. The molecule has 0 bridgehead atoms. The molecule has 0 amide bonds. The molecule has 0 aromatic rings. The third kappa shape index (κ3) is 20.1. The van der Waals surface area contributed by atoms with Gasteiger partial charge in [0.25, 0.3) is 0 Å². The van der Waals surface area contributed by atoms with E-state index in [0.29, 0.717) is 6.42 Å². The van der Waals surface area contributed by atoms with Crippen molar-refractivity contribution in [2.24, 2.45) is 25.9 Å². The second kappa shape index (κ2) is 19.1. The van der Waals surface area contributed by atoms with Crippen molar-refractivity contribution in [3.05, 3.63) is 12.3 Å². The maximum atomic E-state index is 10.3. The highest BCUT2D eigenvalue weighted by Gasteiger charge is 1.96. The average molecular weight is 337 g/mol. The molecule has 24 heavy (non-hydrogen) atoms. The highest BCUT2D eigenvalue weighted by molar-refractivity contribution is 5.70. The molecule has 1 N–H and O–H groups in total. The van der Waals surface area contributed by atoms with Gasteiger partial charge in [0.05, 0.1) is 12.4 Å². The molecule has 1 rings (SSSR count). The van der Waals surface area contributed by atoms with Crippen LogP contribution in [0.25, 0.3) is 0 Å². The summed E-state index contributed by atoms with van der Waals surface area (Å²) < 4.78 is 0. The van der Waals surface area contributed by atoms with E-state index in [4.69, 9.17) is 5.11 Å². The Morgan fingerprint density at radius 1 is 0.833 bits per heavy atom. The minimum Gasteiger partial charge on any atom is -0.481 e. The fourth-order valence-electron chi connectivity index (χ4n) is 2.18. The number of aliphatic carboxylic acids is 1. The zero-order valence-electron chi connectivity index (χ0n) is 14.8. The predicted octanol–water partition coefficient (Wildman–Crippen LogP) is 6.09. The molecule has 0 atom stereocenters. The van der Waals surface area contributed by atoms with Gasteiger partial charge in [0.2, 0.25) is 0 Å². The topological polar surface area (TPSA) is 99.1 Å². The van der Waals surface area contributed by atoms with E-state index in [1.807, 2.05) is 0 Å². The molecule has 0 unspecified atom stereocenters. The van der Waals surface area contributed by atoms with Crippen molar-refractivity contribution in [2.45, 2.75) is 84.0 Å². The van der Waals surface area contributed by atoms with Crippen LogP contribution < -0.4 is 0 Å². The highest BCUT2D eigenvalue weighted by Crippen LogP contribution is 2.11. The van der Waals surface area contributed by atoms with Crippen molar-refractivity contribution < 1.29 is 9.90 Å². The first-order valence-corrected chi connectivity index (χ1v) is 8.97. The minimum absolute atomic E-state index is 0.344. The van der Waals surface area contributed by atoms with Crippen molar-refractivity contribution in [2.75, 3.05) is 0 Å². The smallest absolute Gasteiger partial charge is 0.303 e. The van der Waals surface area contributed by atoms with E-state index in [-0.39, 0.29) is 0 Å². The van der Waals surface area contributed by atoms with Crippen LogP contribution >= 0.6 is 0 Å². The lowest BCUT2D eigenvalue weighted by Crippen LogP contribution is -1.93. The van der Waals surface area contributed by atoms with Crippen molar-refractivity contribution >= 4 is 12.2 Å². The summed E-state index contributed by atoms with van der Waals surface area (Å²) in [6.07, 6.45) is 18.9. The molecule has 1 aliphatic rings. The molecular formula is C17H31N5O2. The van der Waals surface area contributed by atoms with E-state index in [9.17, 15) is 4.79 Å². The summed E-state index contributed by atoms with van der Waals surface area (Å²) in [6.45, 7) is 2.25. The lowest BCUT2D eigenvalue weighted by atomic mass is 10.1. The van der Waals surface area contributed by atoms with Crippen LogP contribution in [0.4, 0.5) is 0 Å².